The maximum Gasteiger partial charge on any atom is 0.317 e. The molecule has 7 nitrogen and oxygen atoms in total. The number of rotatable bonds is 6. The van der Waals surface area contributed by atoms with Gasteiger partial charge in [0.05, 0.1) is 18.9 Å². The number of hydrogen-bond acceptors (Lipinski definition) is 4. The minimum atomic E-state index is -0.0469. The van der Waals surface area contributed by atoms with E-state index in [1.54, 1.807) is 7.11 Å². The average molecular weight is 310 g/mol. The molecule has 1 aromatic heterocycles. The van der Waals surface area contributed by atoms with Crippen LogP contribution in [0.5, 0.6) is 0 Å². The molecule has 1 atom stereocenters. The molecule has 22 heavy (non-hydrogen) atoms. The third-order valence-corrected chi connectivity index (χ3v) is 4.00. The molecule has 1 aliphatic heterocycles. The van der Waals surface area contributed by atoms with Gasteiger partial charge in [0.25, 0.3) is 0 Å². The van der Waals surface area contributed by atoms with Gasteiger partial charge in [0, 0.05) is 51.2 Å². The van der Waals surface area contributed by atoms with Crippen LogP contribution in [0.15, 0.2) is 6.20 Å². The summed E-state index contributed by atoms with van der Waals surface area (Å²) < 4.78 is 12.6. The lowest BCUT2D eigenvalue weighted by Gasteiger charge is -2.32. The highest BCUT2D eigenvalue weighted by Gasteiger charge is 2.24. The van der Waals surface area contributed by atoms with E-state index in [-0.39, 0.29) is 12.1 Å². The molecular formula is C15H26N4O3. The van der Waals surface area contributed by atoms with E-state index in [9.17, 15) is 4.79 Å². The number of methoxy groups -OCH3 is 1. The molecule has 2 rings (SSSR count). The molecule has 7 heteroatoms. The Morgan fingerprint density at radius 3 is 3.09 bits per heavy atom. The third kappa shape index (κ3) is 4.20. The van der Waals surface area contributed by atoms with Gasteiger partial charge >= 0.3 is 6.03 Å². The predicted octanol–water partition coefficient (Wildman–Crippen LogP) is 1.16. The van der Waals surface area contributed by atoms with Crippen LogP contribution in [0.25, 0.3) is 0 Å². The molecule has 1 N–H and O–H groups in total. The molecular weight excluding hydrogens is 284 g/mol. The van der Waals surface area contributed by atoms with E-state index in [2.05, 4.69) is 17.3 Å². The lowest BCUT2D eigenvalue weighted by molar-refractivity contribution is -0.0276. The van der Waals surface area contributed by atoms with Crippen molar-refractivity contribution in [3.8, 4) is 0 Å². The number of hydrogen-bond donors (Lipinski definition) is 1. The number of aromatic nitrogens is 2. The molecule has 0 bridgehead atoms. The number of nitrogens with zero attached hydrogens (tertiary/aromatic N) is 3. The van der Waals surface area contributed by atoms with Crippen molar-refractivity contribution in [1.29, 1.82) is 0 Å². The molecule has 0 unspecified atom stereocenters. The van der Waals surface area contributed by atoms with Crippen LogP contribution in [0.3, 0.4) is 0 Å². The summed E-state index contributed by atoms with van der Waals surface area (Å²) in [6, 6.07) is -0.0469. The van der Waals surface area contributed by atoms with Gasteiger partial charge in [-0.15, -0.1) is 0 Å². The predicted molar refractivity (Wildman–Crippen MR) is 82.7 cm³/mol. The van der Waals surface area contributed by atoms with Crippen molar-refractivity contribution in [1.82, 2.24) is 20.0 Å². The van der Waals surface area contributed by atoms with Crippen LogP contribution in [-0.4, -0.2) is 60.2 Å². The summed E-state index contributed by atoms with van der Waals surface area (Å²) in [4.78, 5) is 14.1. The van der Waals surface area contributed by atoms with Gasteiger partial charge < -0.3 is 19.7 Å². The highest BCUT2D eigenvalue weighted by molar-refractivity contribution is 5.74. The fraction of sp³-hybridized carbons (Fsp3) is 0.733. The molecule has 1 aromatic rings. The quantitative estimate of drug-likeness (QED) is 0.856. The van der Waals surface area contributed by atoms with Gasteiger partial charge in [-0.3, -0.25) is 4.68 Å². The summed E-state index contributed by atoms with van der Waals surface area (Å²) in [7, 11) is 1.67. The van der Waals surface area contributed by atoms with E-state index < -0.39 is 0 Å². The van der Waals surface area contributed by atoms with Gasteiger partial charge in [0.15, 0.2) is 0 Å². The molecule has 1 aliphatic rings. The van der Waals surface area contributed by atoms with Crippen LogP contribution < -0.4 is 5.32 Å². The zero-order valence-electron chi connectivity index (χ0n) is 13.7. The summed E-state index contributed by atoms with van der Waals surface area (Å²) in [6.07, 6.45) is 2.69. The van der Waals surface area contributed by atoms with Crippen LogP contribution in [0.2, 0.25) is 0 Å². The van der Waals surface area contributed by atoms with Crippen molar-refractivity contribution >= 4 is 6.03 Å². The molecule has 0 saturated carbocycles. The second kappa shape index (κ2) is 8.14. The number of carbonyl (C=O) groups excluding carboxylic acids is 1. The summed E-state index contributed by atoms with van der Waals surface area (Å²) in [6.45, 7) is 7.88. The lowest BCUT2D eigenvalue weighted by atomic mass is 10.2. The summed E-state index contributed by atoms with van der Waals surface area (Å²) >= 11 is 0. The molecule has 2 amide bonds. The van der Waals surface area contributed by atoms with Gasteiger partial charge in [-0.2, -0.15) is 5.10 Å². The Morgan fingerprint density at radius 2 is 2.41 bits per heavy atom. The molecule has 0 spiro atoms. The Hall–Kier alpha value is -1.60. The summed E-state index contributed by atoms with van der Waals surface area (Å²) in [5, 5.41) is 7.26. The number of amides is 2. The average Bonchev–Trinajstić information content (AvgIpc) is 2.91. The first-order valence-corrected chi connectivity index (χ1v) is 7.80. The molecule has 0 aromatic carbocycles. The maximum atomic E-state index is 12.3. The van der Waals surface area contributed by atoms with E-state index in [1.165, 1.54) is 0 Å². The monoisotopic (exact) mass is 310 g/mol. The largest absolute Gasteiger partial charge is 0.385 e. The number of morpholine rings is 1. The van der Waals surface area contributed by atoms with Crippen LogP contribution >= 0.6 is 0 Å². The highest BCUT2D eigenvalue weighted by Crippen LogP contribution is 2.10. The first-order chi connectivity index (χ1) is 10.7. The van der Waals surface area contributed by atoms with Crippen molar-refractivity contribution in [2.75, 3.05) is 33.4 Å². The number of nitrogens with one attached hydrogen (secondary N) is 1. The minimum Gasteiger partial charge on any atom is -0.385 e. The van der Waals surface area contributed by atoms with Crippen LogP contribution in [-0.2, 0) is 22.6 Å². The van der Waals surface area contributed by atoms with Crippen molar-refractivity contribution in [3.63, 3.8) is 0 Å². The first-order valence-electron chi connectivity index (χ1n) is 7.80. The van der Waals surface area contributed by atoms with Gasteiger partial charge in [-0.05, 0) is 20.3 Å². The SMILES string of the molecule is CCn1ncc(CNC(=O)N2CCO[C@H](CCOC)C2)c1C. The van der Waals surface area contributed by atoms with E-state index >= 15 is 0 Å². The Labute approximate surface area is 131 Å². The lowest BCUT2D eigenvalue weighted by Crippen LogP contribution is -2.49. The van der Waals surface area contributed by atoms with E-state index in [0.717, 1.165) is 24.2 Å². The molecule has 1 saturated heterocycles. The normalized spacial score (nSPS) is 18.5. The van der Waals surface area contributed by atoms with Crippen molar-refractivity contribution in [3.05, 3.63) is 17.5 Å². The van der Waals surface area contributed by atoms with Crippen molar-refractivity contribution in [2.45, 2.75) is 39.5 Å². The Morgan fingerprint density at radius 1 is 1.59 bits per heavy atom. The van der Waals surface area contributed by atoms with E-state index in [4.69, 9.17) is 9.47 Å². The second-order valence-electron chi connectivity index (χ2n) is 5.45. The number of aryl methyl sites for hydroxylation is 1. The zero-order chi connectivity index (χ0) is 15.9. The summed E-state index contributed by atoms with van der Waals surface area (Å²) in [5.41, 5.74) is 2.15. The van der Waals surface area contributed by atoms with Crippen LogP contribution in [0.4, 0.5) is 4.79 Å². The number of urea groups is 1. The fourth-order valence-electron chi connectivity index (χ4n) is 2.59. The van der Waals surface area contributed by atoms with Gasteiger partial charge in [-0.25, -0.2) is 4.79 Å². The smallest absolute Gasteiger partial charge is 0.317 e. The van der Waals surface area contributed by atoms with Crippen molar-refractivity contribution in [2.24, 2.45) is 0 Å². The van der Waals surface area contributed by atoms with E-state index in [1.807, 2.05) is 22.7 Å². The first kappa shape index (κ1) is 16.8. The van der Waals surface area contributed by atoms with Crippen LogP contribution in [0.1, 0.15) is 24.6 Å². The standard InChI is InChI=1S/C15H26N4O3/c1-4-19-12(2)13(10-17-19)9-16-15(20)18-6-8-22-14(11-18)5-7-21-3/h10,14H,4-9,11H2,1-3H3,(H,16,20)/t14-/m1/s1. The Kier molecular flexibility index (Phi) is 6.21. The Balaban J connectivity index is 1.82. The molecule has 0 radical (unpaired) electrons. The molecule has 1 fully saturated rings. The summed E-state index contributed by atoms with van der Waals surface area (Å²) in [5.74, 6) is 0. The molecule has 0 aliphatic carbocycles. The second-order valence-corrected chi connectivity index (χ2v) is 5.45. The number of ether oxygens (including phenoxy) is 2. The van der Waals surface area contributed by atoms with Gasteiger partial charge in [0.2, 0.25) is 0 Å². The topological polar surface area (TPSA) is 68.6 Å². The maximum absolute atomic E-state index is 12.3. The highest BCUT2D eigenvalue weighted by atomic mass is 16.5. The van der Waals surface area contributed by atoms with E-state index in [0.29, 0.717) is 32.8 Å². The minimum absolute atomic E-state index is 0.0469. The Bertz CT molecular complexity index is 489. The van der Waals surface area contributed by atoms with Crippen LogP contribution in [0, 0.1) is 6.92 Å². The van der Waals surface area contributed by atoms with Gasteiger partial charge in [0.1, 0.15) is 0 Å². The third-order valence-electron chi connectivity index (χ3n) is 4.00. The van der Waals surface area contributed by atoms with Crippen molar-refractivity contribution < 1.29 is 14.3 Å². The fourth-order valence-corrected chi connectivity index (χ4v) is 2.59. The number of carbonyl (C=O) groups is 1. The molecule has 124 valence electrons. The zero-order valence-corrected chi connectivity index (χ0v) is 13.7. The molecule has 2 heterocycles. The van der Waals surface area contributed by atoms with Gasteiger partial charge in [-0.1, -0.05) is 0 Å².